The maximum absolute atomic E-state index is 14.2. The fraction of sp³-hybridized carbons (Fsp3) is 0.172. The summed E-state index contributed by atoms with van der Waals surface area (Å²) in [5, 5.41) is 15.9. The van der Waals surface area contributed by atoms with Crippen molar-refractivity contribution in [3.05, 3.63) is 118 Å². The lowest BCUT2D eigenvalue weighted by Gasteiger charge is -2.27. The average Bonchev–Trinajstić information content (AvgIpc) is 3.38. The van der Waals surface area contributed by atoms with Crippen LogP contribution in [-0.4, -0.2) is 38.6 Å². The van der Waals surface area contributed by atoms with E-state index in [1.54, 1.807) is 59.9 Å². The normalized spacial score (nSPS) is 10.6. The molecule has 40 heavy (non-hydrogen) atoms. The van der Waals surface area contributed by atoms with E-state index in [4.69, 9.17) is 40.7 Å². The number of thiocarbonyl (C=S) groups is 1. The second-order valence-corrected chi connectivity index (χ2v) is 10.1. The Bertz CT molecular complexity index is 1540. The Labute approximate surface area is 247 Å². The van der Waals surface area contributed by atoms with Crippen LogP contribution in [0.5, 0.6) is 0 Å². The summed E-state index contributed by atoms with van der Waals surface area (Å²) in [6, 6.07) is 20.9. The highest BCUT2D eigenvalue weighted by Crippen LogP contribution is 2.27. The quantitative estimate of drug-likeness (QED) is 0.225. The van der Waals surface area contributed by atoms with Gasteiger partial charge >= 0.3 is 0 Å². The predicted octanol–water partition coefficient (Wildman–Crippen LogP) is 5.81. The van der Waals surface area contributed by atoms with Crippen LogP contribution in [0.1, 0.15) is 22.4 Å². The SMILES string of the molecule is N#Cc1ccc(Cn2cncc2CC(=O)NCCN(Cc2cccc(Cl)c2Cl)C(=S)Nc2ccccc2F)cc1. The molecule has 0 aliphatic carbocycles. The summed E-state index contributed by atoms with van der Waals surface area (Å²) >= 11 is 18.2. The third-order valence-electron chi connectivity index (χ3n) is 6.08. The summed E-state index contributed by atoms with van der Waals surface area (Å²) in [4.78, 5) is 18.8. The van der Waals surface area contributed by atoms with Gasteiger partial charge in [0, 0.05) is 38.1 Å². The highest BCUT2D eigenvalue weighted by molar-refractivity contribution is 7.80. The average molecular weight is 596 g/mol. The van der Waals surface area contributed by atoms with Crippen molar-refractivity contribution in [2.45, 2.75) is 19.5 Å². The first-order valence-electron chi connectivity index (χ1n) is 12.3. The van der Waals surface area contributed by atoms with E-state index in [-0.39, 0.29) is 29.7 Å². The zero-order valence-electron chi connectivity index (χ0n) is 21.3. The van der Waals surface area contributed by atoms with E-state index in [1.165, 1.54) is 6.07 Å². The van der Waals surface area contributed by atoms with Crippen LogP contribution >= 0.6 is 35.4 Å². The zero-order valence-corrected chi connectivity index (χ0v) is 23.6. The van der Waals surface area contributed by atoms with Gasteiger partial charge in [-0.25, -0.2) is 9.37 Å². The number of imidazole rings is 1. The molecular weight excluding hydrogens is 570 g/mol. The maximum atomic E-state index is 14.2. The molecule has 1 amide bonds. The molecule has 0 aliphatic rings. The molecule has 3 aromatic carbocycles. The number of carbonyl (C=O) groups excluding carboxylic acids is 1. The third-order valence-corrected chi connectivity index (χ3v) is 7.29. The molecular formula is C29H25Cl2FN6OS. The Morgan fingerprint density at radius 3 is 2.62 bits per heavy atom. The van der Waals surface area contributed by atoms with Crippen LogP contribution in [0, 0.1) is 17.1 Å². The van der Waals surface area contributed by atoms with E-state index >= 15 is 0 Å². The Hall–Kier alpha value is -3.97. The number of nitriles is 1. The summed E-state index contributed by atoms with van der Waals surface area (Å²) in [6.45, 7) is 1.44. The second kappa shape index (κ2) is 13.9. The van der Waals surface area contributed by atoms with Crippen molar-refractivity contribution >= 4 is 52.1 Å². The van der Waals surface area contributed by atoms with Crippen molar-refractivity contribution < 1.29 is 9.18 Å². The molecule has 0 atom stereocenters. The minimum Gasteiger partial charge on any atom is -0.354 e. The van der Waals surface area contributed by atoms with Gasteiger partial charge in [0.2, 0.25) is 5.91 Å². The summed E-state index contributed by atoms with van der Waals surface area (Å²) < 4.78 is 16.1. The molecule has 4 rings (SSSR count). The lowest BCUT2D eigenvalue weighted by molar-refractivity contribution is -0.120. The number of halogens is 3. The lowest BCUT2D eigenvalue weighted by Crippen LogP contribution is -2.40. The molecule has 204 valence electrons. The number of anilines is 1. The number of rotatable bonds is 10. The number of amides is 1. The van der Waals surface area contributed by atoms with Gasteiger partial charge in [-0.1, -0.05) is 59.6 Å². The van der Waals surface area contributed by atoms with Crippen molar-refractivity contribution in [1.29, 1.82) is 5.26 Å². The number of hydrogen-bond donors (Lipinski definition) is 2. The molecule has 0 aliphatic heterocycles. The molecule has 0 bridgehead atoms. The van der Waals surface area contributed by atoms with Gasteiger partial charge in [-0.2, -0.15) is 5.26 Å². The minimum absolute atomic E-state index is 0.133. The Morgan fingerprint density at radius 2 is 1.88 bits per heavy atom. The monoisotopic (exact) mass is 594 g/mol. The van der Waals surface area contributed by atoms with Gasteiger partial charge in [-0.3, -0.25) is 4.79 Å². The standard InChI is InChI=1S/C29H25Cl2FN6OS/c30-24-5-3-4-22(28(24)31)18-37(29(40)36-26-7-2-1-6-25(26)32)13-12-35-27(39)14-23-16-34-19-38(23)17-21-10-8-20(15-33)9-11-21/h1-11,16,19H,12-14,17-18H2,(H,35,39)(H,36,40). The predicted molar refractivity (Wildman–Crippen MR) is 159 cm³/mol. The van der Waals surface area contributed by atoms with E-state index in [9.17, 15) is 9.18 Å². The Kier molecular flexibility index (Phi) is 10.1. The van der Waals surface area contributed by atoms with Gasteiger partial charge in [0.05, 0.1) is 40.1 Å². The first-order chi connectivity index (χ1) is 19.3. The van der Waals surface area contributed by atoms with E-state index in [0.717, 1.165) is 16.8 Å². The Balaban J connectivity index is 1.38. The number of para-hydroxylation sites is 1. The second-order valence-electron chi connectivity index (χ2n) is 8.89. The highest BCUT2D eigenvalue weighted by Gasteiger charge is 2.16. The molecule has 0 saturated heterocycles. The van der Waals surface area contributed by atoms with Crippen LogP contribution in [0.3, 0.4) is 0 Å². The van der Waals surface area contributed by atoms with Crippen LogP contribution in [0.25, 0.3) is 0 Å². The van der Waals surface area contributed by atoms with E-state index < -0.39 is 5.82 Å². The van der Waals surface area contributed by atoms with E-state index in [1.807, 2.05) is 22.8 Å². The van der Waals surface area contributed by atoms with Gasteiger partial charge < -0.3 is 20.1 Å². The van der Waals surface area contributed by atoms with Gasteiger partial charge in [0.15, 0.2) is 5.11 Å². The van der Waals surface area contributed by atoms with Crippen LogP contribution < -0.4 is 10.6 Å². The molecule has 1 heterocycles. The molecule has 0 spiro atoms. The number of carbonyl (C=O) groups is 1. The molecule has 0 saturated carbocycles. The summed E-state index contributed by atoms with van der Waals surface area (Å²) in [6.07, 6.45) is 3.46. The molecule has 7 nitrogen and oxygen atoms in total. The first kappa shape index (κ1) is 29.0. The highest BCUT2D eigenvalue weighted by atomic mass is 35.5. The van der Waals surface area contributed by atoms with Crippen molar-refractivity contribution in [2.24, 2.45) is 0 Å². The molecule has 11 heteroatoms. The number of benzene rings is 3. The van der Waals surface area contributed by atoms with Crippen molar-refractivity contribution in [3.8, 4) is 6.07 Å². The van der Waals surface area contributed by atoms with E-state index in [0.29, 0.717) is 35.2 Å². The molecule has 0 radical (unpaired) electrons. The van der Waals surface area contributed by atoms with Crippen LogP contribution in [0.2, 0.25) is 10.0 Å². The summed E-state index contributed by atoms with van der Waals surface area (Å²) in [7, 11) is 0. The number of hydrogen-bond acceptors (Lipinski definition) is 4. The van der Waals surface area contributed by atoms with Crippen molar-refractivity contribution in [2.75, 3.05) is 18.4 Å². The molecule has 4 aromatic rings. The minimum atomic E-state index is -0.434. The van der Waals surface area contributed by atoms with Gasteiger partial charge in [0.1, 0.15) is 5.82 Å². The van der Waals surface area contributed by atoms with Crippen LogP contribution in [0.4, 0.5) is 10.1 Å². The summed E-state index contributed by atoms with van der Waals surface area (Å²) in [5.41, 5.74) is 3.31. The maximum Gasteiger partial charge on any atom is 0.226 e. The van der Waals surface area contributed by atoms with Crippen molar-refractivity contribution in [3.63, 3.8) is 0 Å². The van der Waals surface area contributed by atoms with Gasteiger partial charge in [-0.15, -0.1) is 0 Å². The van der Waals surface area contributed by atoms with Gasteiger partial charge in [0.25, 0.3) is 0 Å². The number of nitrogens with zero attached hydrogens (tertiary/aromatic N) is 4. The number of nitrogens with one attached hydrogen (secondary N) is 2. The van der Waals surface area contributed by atoms with Gasteiger partial charge in [-0.05, 0) is 53.7 Å². The van der Waals surface area contributed by atoms with Crippen molar-refractivity contribution in [1.82, 2.24) is 19.8 Å². The van der Waals surface area contributed by atoms with Crippen LogP contribution in [-0.2, 0) is 24.3 Å². The third kappa shape index (κ3) is 7.79. The lowest BCUT2D eigenvalue weighted by atomic mass is 10.1. The topological polar surface area (TPSA) is 86.0 Å². The zero-order chi connectivity index (χ0) is 28.5. The molecule has 0 fully saturated rings. The fourth-order valence-corrected chi connectivity index (χ4v) is 4.61. The van der Waals surface area contributed by atoms with Crippen LogP contribution in [0.15, 0.2) is 79.3 Å². The Morgan fingerprint density at radius 1 is 1.10 bits per heavy atom. The largest absolute Gasteiger partial charge is 0.354 e. The number of aromatic nitrogens is 2. The molecule has 2 N–H and O–H groups in total. The molecule has 1 aromatic heterocycles. The summed E-state index contributed by atoms with van der Waals surface area (Å²) in [5.74, 6) is -0.619. The first-order valence-corrected chi connectivity index (χ1v) is 13.5. The fourth-order valence-electron chi connectivity index (χ4n) is 3.96. The molecule has 0 unspecified atom stereocenters. The smallest absolute Gasteiger partial charge is 0.226 e. The van der Waals surface area contributed by atoms with E-state index in [2.05, 4.69) is 21.7 Å².